The molecule has 0 saturated carbocycles. The predicted octanol–water partition coefficient (Wildman–Crippen LogP) is 1.93. The van der Waals surface area contributed by atoms with Crippen LogP contribution >= 0.6 is 11.6 Å². The molecule has 1 aliphatic rings. The first-order valence-electron chi connectivity index (χ1n) is 5.14. The summed E-state index contributed by atoms with van der Waals surface area (Å²) in [5.41, 5.74) is 6.61. The predicted molar refractivity (Wildman–Crippen MR) is 61.4 cm³/mol. The molecule has 0 bridgehead atoms. The maximum Gasteiger partial charge on any atom is 0.303 e. The minimum Gasteiger partial charge on any atom is -0.481 e. The van der Waals surface area contributed by atoms with Gasteiger partial charge in [-0.25, -0.2) is 0 Å². The highest BCUT2D eigenvalue weighted by molar-refractivity contribution is 6.30. The molecule has 6 heteroatoms. The van der Waals surface area contributed by atoms with Crippen LogP contribution in [0.4, 0.5) is 0 Å². The van der Waals surface area contributed by atoms with Gasteiger partial charge in [-0.3, -0.25) is 4.79 Å². The van der Waals surface area contributed by atoms with E-state index in [2.05, 4.69) is 0 Å². The van der Waals surface area contributed by atoms with Crippen molar-refractivity contribution in [1.82, 2.24) is 0 Å². The number of carboxylic acids is 1. The summed E-state index contributed by atoms with van der Waals surface area (Å²) in [7, 11) is 0. The number of hydrogen-bond acceptors (Lipinski definition) is 4. The fourth-order valence-electron chi connectivity index (χ4n) is 1.71. The molecule has 3 N–H and O–H groups in total. The highest BCUT2D eigenvalue weighted by Crippen LogP contribution is 2.41. The lowest BCUT2D eigenvalue weighted by molar-refractivity contribution is -0.137. The Morgan fingerprint density at radius 3 is 3.00 bits per heavy atom. The SMILES string of the molecule is NC(CCC(=O)O)c1cc(Cl)cc2c1OCO2. The van der Waals surface area contributed by atoms with Gasteiger partial charge >= 0.3 is 5.97 Å². The molecule has 1 heterocycles. The number of ether oxygens (including phenoxy) is 2. The maximum atomic E-state index is 10.5. The van der Waals surface area contributed by atoms with Gasteiger partial charge in [0, 0.05) is 29.1 Å². The maximum absolute atomic E-state index is 10.5. The minimum absolute atomic E-state index is 0.00328. The molecule has 0 amide bonds. The molecule has 0 spiro atoms. The van der Waals surface area contributed by atoms with Crippen molar-refractivity contribution in [2.24, 2.45) is 5.73 Å². The number of halogens is 1. The van der Waals surface area contributed by atoms with Crippen LogP contribution in [-0.4, -0.2) is 17.9 Å². The van der Waals surface area contributed by atoms with E-state index in [4.69, 9.17) is 31.9 Å². The van der Waals surface area contributed by atoms with Gasteiger partial charge in [-0.05, 0) is 12.5 Å². The van der Waals surface area contributed by atoms with Gasteiger partial charge < -0.3 is 20.3 Å². The molecule has 1 aromatic rings. The summed E-state index contributed by atoms with van der Waals surface area (Å²) in [5, 5.41) is 9.12. The zero-order valence-electron chi connectivity index (χ0n) is 8.98. The van der Waals surface area contributed by atoms with Gasteiger partial charge in [0.1, 0.15) is 0 Å². The van der Waals surface area contributed by atoms with Gasteiger partial charge in [0.25, 0.3) is 0 Å². The second-order valence-electron chi connectivity index (χ2n) is 3.77. The number of nitrogens with two attached hydrogens (primary N) is 1. The molecule has 1 aromatic carbocycles. The Kier molecular flexibility index (Phi) is 3.40. The summed E-state index contributed by atoms with van der Waals surface area (Å²) >= 11 is 5.93. The van der Waals surface area contributed by atoms with Crippen molar-refractivity contribution < 1.29 is 19.4 Å². The molecule has 1 unspecified atom stereocenters. The number of aliphatic carboxylic acids is 1. The molecule has 17 heavy (non-hydrogen) atoms. The van der Waals surface area contributed by atoms with E-state index in [9.17, 15) is 4.79 Å². The van der Waals surface area contributed by atoms with Crippen molar-refractivity contribution in [2.75, 3.05) is 6.79 Å². The normalized spacial score (nSPS) is 14.7. The summed E-state index contributed by atoms with van der Waals surface area (Å²) < 4.78 is 10.5. The van der Waals surface area contributed by atoms with E-state index in [1.807, 2.05) is 0 Å². The van der Waals surface area contributed by atoms with Crippen LogP contribution in [0.1, 0.15) is 24.4 Å². The summed E-state index contributed by atoms with van der Waals surface area (Å²) in [6, 6.07) is 2.90. The molecule has 2 rings (SSSR count). The second kappa shape index (κ2) is 4.81. The van der Waals surface area contributed by atoms with Gasteiger partial charge in [0.05, 0.1) is 0 Å². The van der Waals surface area contributed by atoms with Crippen LogP contribution < -0.4 is 15.2 Å². The molecule has 0 aliphatic carbocycles. The highest BCUT2D eigenvalue weighted by atomic mass is 35.5. The fraction of sp³-hybridized carbons (Fsp3) is 0.364. The summed E-state index contributed by atoms with van der Waals surface area (Å²) in [4.78, 5) is 10.5. The molecular formula is C11H12ClNO4. The van der Waals surface area contributed by atoms with Crippen molar-refractivity contribution in [3.8, 4) is 11.5 Å². The van der Waals surface area contributed by atoms with E-state index in [1.54, 1.807) is 12.1 Å². The van der Waals surface area contributed by atoms with Gasteiger partial charge in [-0.1, -0.05) is 11.6 Å². The smallest absolute Gasteiger partial charge is 0.303 e. The number of rotatable bonds is 4. The number of carbonyl (C=O) groups is 1. The number of fused-ring (bicyclic) bond motifs is 1. The first-order valence-corrected chi connectivity index (χ1v) is 5.52. The summed E-state index contributed by atoms with van der Waals surface area (Å²) in [5.74, 6) is 0.238. The monoisotopic (exact) mass is 257 g/mol. The van der Waals surface area contributed by atoms with Gasteiger partial charge in [-0.15, -0.1) is 0 Å². The third kappa shape index (κ3) is 2.62. The molecule has 1 aliphatic heterocycles. The zero-order valence-corrected chi connectivity index (χ0v) is 9.74. The van der Waals surface area contributed by atoms with Gasteiger partial charge in [0.2, 0.25) is 6.79 Å². The second-order valence-corrected chi connectivity index (χ2v) is 4.20. The van der Waals surface area contributed by atoms with Crippen molar-refractivity contribution >= 4 is 17.6 Å². The number of hydrogen-bond donors (Lipinski definition) is 2. The van der Waals surface area contributed by atoms with Crippen LogP contribution in [0.25, 0.3) is 0 Å². The lowest BCUT2D eigenvalue weighted by Crippen LogP contribution is -2.13. The lowest BCUT2D eigenvalue weighted by Gasteiger charge is -2.13. The van der Waals surface area contributed by atoms with Gasteiger partial charge in [0.15, 0.2) is 11.5 Å². The van der Waals surface area contributed by atoms with E-state index in [-0.39, 0.29) is 13.2 Å². The van der Waals surface area contributed by atoms with Crippen LogP contribution in [0.5, 0.6) is 11.5 Å². The molecule has 0 aromatic heterocycles. The third-order valence-corrected chi connectivity index (χ3v) is 2.75. The van der Waals surface area contributed by atoms with E-state index in [0.717, 1.165) is 0 Å². The van der Waals surface area contributed by atoms with Crippen molar-refractivity contribution in [3.63, 3.8) is 0 Å². The van der Waals surface area contributed by atoms with Crippen molar-refractivity contribution in [1.29, 1.82) is 0 Å². The largest absolute Gasteiger partial charge is 0.481 e. The number of benzene rings is 1. The lowest BCUT2D eigenvalue weighted by atomic mass is 10.0. The third-order valence-electron chi connectivity index (χ3n) is 2.53. The van der Waals surface area contributed by atoms with Crippen molar-refractivity contribution in [2.45, 2.75) is 18.9 Å². The van der Waals surface area contributed by atoms with E-state index < -0.39 is 12.0 Å². The first kappa shape index (κ1) is 12.0. The van der Waals surface area contributed by atoms with E-state index >= 15 is 0 Å². The number of carboxylic acid groups (broad SMARTS) is 1. The molecule has 0 saturated heterocycles. The van der Waals surface area contributed by atoms with Crippen LogP contribution in [0, 0.1) is 0 Å². The molecule has 0 fully saturated rings. The average molecular weight is 258 g/mol. The summed E-state index contributed by atoms with van der Waals surface area (Å²) in [6.07, 6.45) is 0.328. The standard InChI is InChI=1S/C11H12ClNO4/c12-6-3-7(8(13)1-2-10(14)15)11-9(4-6)16-5-17-11/h3-4,8H,1-2,5,13H2,(H,14,15). The Morgan fingerprint density at radius 1 is 1.53 bits per heavy atom. The van der Waals surface area contributed by atoms with Gasteiger partial charge in [-0.2, -0.15) is 0 Å². The van der Waals surface area contributed by atoms with E-state index in [1.165, 1.54) is 0 Å². The highest BCUT2D eigenvalue weighted by Gasteiger charge is 2.23. The minimum atomic E-state index is -0.878. The quantitative estimate of drug-likeness (QED) is 0.861. The topological polar surface area (TPSA) is 81.8 Å². The van der Waals surface area contributed by atoms with Crippen LogP contribution in [0.3, 0.4) is 0 Å². The molecule has 0 radical (unpaired) electrons. The van der Waals surface area contributed by atoms with Crippen molar-refractivity contribution in [3.05, 3.63) is 22.7 Å². The molecular weight excluding hydrogens is 246 g/mol. The molecule has 1 atom stereocenters. The Morgan fingerprint density at radius 2 is 2.29 bits per heavy atom. The fourth-order valence-corrected chi connectivity index (χ4v) is 1.93. The Bertz CT molecular complexity index is 449. The Labute approximate surface area is 103 Å². The average Bonchev–Trinajstić information content (AvgIpc) is 2.72. The van der Waals surface area contributed by atoms with Crippen LogP contribution in [0.2, 0.25) is 5.02 Å². The first-order chi connectivity index (χ1) is 8.08. The van der Waals surface area contributed by atoms with E-state index in [0.29, 0.717) is 28.5 Å². The van der Waals surface area contributed by atoms with Crippen LogP contribution in [-0.2, 0) is 4.79 Å². The summed E-state index contributed by atoms with van der Waals surface area (Å²) in [6.45, 7) is 0.133. The Balaban J connectivity index is 2.22. The molecule has 92 valence electrons. The molecule has 5 nitrogen and oxygen atoms in total. The van der Waals surface area contributed by atoms with Crippen LogP contribution in [0.15, 0.2) is 12.1 Å². The Hall–Kier alpha value is -1.46. The zero-order chi connectivity index (χ0) is 12.4.